The van der Waals surface area contributed by atoms with E-state index in [1.54, 1.807) is 0 Å². The predicted octanol–water partition coefficient (Wildman–Crippen LogP) is 2.62. The Bertz CT molecular complexity index is 1260. The summed E-state index contributed by atoms with van der Waals surface area (Å²) in [5.74, 6) is 2.54. The largest absolute Gasteiger partial charge is 0.469 e. The SMILES string of the molecule is COC(=O)C1CN(c2cc(-n3ncc4cc(C)c(C5CCN(C6COC6)CC5)cc43)nc(C)n2)C1. The van der Waals surface area contributed by atoms with Crippen LogP contribution in [-0.2, 0) is 14.3 Å². The van der Waals surface area contributed by atoms with Crippen LogP contribution in [0.3, 0.4) is 0 Å². The Labute approximate surface area is 205 Å². The molecule has 2 aromatic heterocycles. The van der Waals surface area contributed by atoms with Gasteiger partial charge < -0.3 is 14.4 Å². The van der Waals surface area contributed by atoms with E-state index in [1.165, 1.54) is 31.1 Å². The van der Waals surface area contributed by atoms with Crippen molar-refractivity contribution in [1.82, 2.24) is 24.6 Å². The number of benzene rings is 1. The van der Waals surface area contributed by atoms with Gasteiger partial charge in [-0.1, -0.05) is 0 Å². The molecule has 6 rings (SSSR count). The lowest BCUT2D eigenvalue weighted by Gasteiger charge is -2.41. The number of likely N-dealkylation sites (tertiary alicyclic amines) is 1. The molecular weight excluding hydrogens is 444 g/mol. The molecule has 3 aromatic rings. The van der Waals surface area contributed by atoms with Gasteiger partial charge in [0.25, 0.3) is 0 Å². The molecule has 0 amide bonds. The summed E-state index contributed by atoms with van der Waals surface area (Å²) >= 11 is 0. The molecule has 184 valence electrons. The molecule has 1 aromatic carbocycles. The standard InChI is InChI=1S/C26H32N6O3/c1-16-8-19-11-27-32(23(19)9-22(16)18-4-6-30(7-5-18)21-14-35-15-21)25-10-24(28-17(2)29-25)31-12-20(13-31)26(33)34-3/h8-11,18,20-21H,4-7,12-15H2,1-3H3. The zero-order valence-electron chi connectivity index (χ0n) is 20.6. The number of carbonyl (C=O) groups excluding carboxylic acids is 1. The second-order valence-corrected chi connectivity index (χ2v) is 10.1. The molecule has 3 fully saturated rings. The average molecular weight is 477 g/mol. The van der Waals surface area contributed by atoms with Gasteiger partial charge in [-0.3, -0.25) is 9.69 Å². The van der Waals surface area contributed by atoms with Gasteiger partial charge in [0.1, 0.15) is 11.6 Å². The van der Waals surface area contributed by atoms with Crippen molar-refractivity contribution in [1.29, 1.82) is 0 Å². The van der Waals surface area contributed by atoms with Crippen molar-refractivity contribution in [2.75, 3.05) is 51.4 Å². The van der Waals surface area contributed by atoms with Gasteiger partial charge in [0.15, 0.2) is 5.82 Å². The summed E-state index contributed by atoms with van der Waals surface area (Å²) in [4.78, 5) is 25.8. The van der Waals surface area contributed by atoms with Crippen LogP contribution in [0.15, 0.2) is 24.4 Å². The van der Waals surface area contributed by atoms with E-state index in [1.807, 2.05) is 23.9 Å². The molecule has 0 unspecified atom stereocenters. The second kappa shape index (κ2) is 8.87. The van der Waals surface area contributed by atoms with Crippen molar-refractivity contribution < 1.29 is 14.3 Å². The number of rotatable bonds is 5. The topological polar surface area (TPSA) is 85.6 Å². The molecule has 3 aliphatic rings. The summed E-state index contributed by atoms with van der Waals surface area (Å²) in [6, 6.07) is 7.15. The number of methoxy groups -OCH3 is 1. The van der Waals surface area contributed by atoms with Gasteiger partial charge in [0.05, 0.1) is 44.0 Å². The zero-order valence-corrected chi connectivity index (χ0v) is 20.6. The van der Waals surface area contributed by atoms with Crippen molar-refractivity contribution in [2.45, 2.75) is 38.6 Å². The number of hydrogen-bond acceptors (Lipinski definition) is 8. The number of fused-ring (bicyclic) bond motifs is 1. The molecule has 0 bridgehead atoms. The highest BCUT2D eigenvalue weighted by atomic mass is 16.5. The molecule has 3 aliphatic heterocycles. The molecule has 0 spiro atoms. The summed E-state index contributed by atoms with van der Waals surface area (Å²) in [6.07, 6.45) is 4.26. The predicted molar refractivity (Wildman–Crippen MR) is 132 cm³/mol. The van der Waals surface area contributed by atoms with E-state index in [0.717, 1.165) is 48.8 Å². The number of esters is 1. The maximum Gasteiger partial charge on any atom is 0.312 e. The average Bonchev–Trinajstić information content (AvgIpc) is 3.19. The normalized spacial score (nSPS) is 20.1. The molecule has 3 saturated heterocycles. The molecule has 0 aliphatic carbocycles. The second-order valence-electron chi connectivity index (χ2n) is 10.1. The maximum absolute atomic E-state index is 11.8. The van der Waals surface area contributed by atoms with Crippen LogP contribution in [0.25, 0.3) is 16.7 Å². The van der Waals surface area contributed by atoms with Gasteiger partial charge in [-0.05, 0) is 69.0 Å². The number of aryl methyl sites for hydroxylation is 2. The number of nitrogens with zero attached hydrogens (tertiary/aromatic N) is 6. The van der Waals surface area contributed by atoms with Crippen molar-refractivity contribution in [3.05, 3.63) is 41.3 Å². The highest BCUT2D eigenvalue weighted by Crippen LogP contribution is 2.35. The third-order valence-corrected chi connectivity index (χ3v) is 7.83. The van der Waals surface area contributed by atoms with Crippen LogP contribution in [0.4, 0.5) is 5.82 Å². The Balaban J connectivity index is 1.27. The quantitative estimate of drug-likeness (QED) is 0.520. The summed E-state index contributed by atoms with van der Waals surface area (Å²) in [6.45, 7) is 9.36. The minimum Gasteiger partial charge on any atom is -0.469 e. The highest BCUT2D eigenvalue weighted by Gasteiger charge is 2.35. The Morgan fingerprint density at radius 3 is 2.49 bits per heavy atom. The molecule has 0 radical (unpaired) electrons. The Morgan fingerprint density at radius 2 is 1.80 bits per heavy atom. The van der Waals surface area contributed by atoms with Crippen molar-refractivity contribution in [3.63, 3.8) is 0 Å². The van der Waals surface area contributed by atoms with Gasteiger partial charge in [-0.15, -0.1) is 0 Å². The van der Waals surface area contributed by atoms with E-state index in [9.17, 15) is 4.79 Å². The lowest BCUT2D eigenvalue weighted by molar-refractivity contribution is -0.146. The molecular formula is C26H32N6O3. The van der Waals surface area contributed by atoms with Crippen molar-refractivity contribution >= 4 is 22.7 Å². The van der Waals surface area contributed by atoms with Crippen molar-refractivity contribution in [3.8, 4) is 5.82 Å². The summed E-state index contributed by atoms with van der Waals surface area (Å²) < 4.78 is 12.2. The van der Waals surface area contributed by atoms with E-state index >= 15 is 0 Å². The van der Waals surface area contributed by atoms with E-state index < -0.39 is 0 Å². The van der Waals surface area contributed by atoms with Gasteiger partial charge in [-0.2, -0.15) is 5.10 Å². The molecule has 0 atom stereocenters. The third kappa shape index (κ3) is 4.06. The smallest absolute Gasteiger partial charge is 0.312 e. The third-order valence-electron chi connectivity index (χ3n) is 7.83. The molecule has 9 heteroatoms. The fraction of sp³-hybridized carbons (Fsp3) is 0.538. The Morgan fingerprint density at radius 1 is 1.06 bits per heavy atom. The number of piperidine rings is 1. The number of anilines is 1. The van der Waals surface area contributed by atoms with Crippen LogP contribution >= 0.6 is 0 Å². The number of carbonyl (C=O) groups is 1. The first kappa shape index (κ1) is 22.4. The van der Waals surface area contributed by atoms with Gasteiger partial charge >= 0.3 is 5.97 Å². The van der Waals surface area contributed by atoms with Crippen LogP contribution < -0.4 is 4.90 Å². The minimum atomic E-state index is -0.167. The first-order valence-electron chi connectivity index (χ1n) is 12.5. The van der Waals surface area contributed by atoms with Gasteiger partial charge in [0.2, 0.25) is 0 Å². The van der Waals surface area contributed by atoms with Crippen LogP contribution in [0.5, 0.6) is 0 Å². The van der Waals surface area contributed by atoms with Crippen LogP contribution in [-0.4, -0.2) is 83.2 Å². The molecule has 35 heavy (non-hydrogen) atoms. The lowest BCUT2D eigenvalue weighted by Crippen LogP contribution is -2.51. The first-order valence-corrected chi connectivity index (χ1v) is 12.5. The summed E-state index contributed by atoms with van der Waals surface area (Å²) in [5.41, 5.74) is 3.82. The van der Waals surface area contributed by atoms with E-state index in [4.69, 9.17) is 19.6 Å². The molecule has 9 nitrogen and oxygen atoms in total. The molecule has 0 N–H and O–H groups in total. The monoisotopic (exact) mass is 476 g/mol. The Kier molecular flexibility index (Phi) is 5.69. The Hall–Kier alpha value is -3.04. The van der Waals surface area contributed by atoms with Crippen LogP contribution in [0.1, 0.15) is 35.7 Å². The molecule has 0 saturated carbocycles. The van der Waals surface area contributed by atoms with Crippen LogP contribution in [0, 0.1) is 19.8 Å². The number of ether oxygens (including phenoxy) is 2. The fourth-order valence-corrected chi connectivity index (χ4v) is 5.62. The van der Waals surface area contributed by atoms with Gasteiger partial charge in [0, 0.05) is 24.5 Å². The van der Waals surface area contributed by atoms with Gasteiger partial charge in [-0.25, -0.2) is 14.6 Å². The highest BCUT2D eigenvalue weighted by molar-refractivity contribution is 5.82. The lowest BCUT2D eigenvalue weighted by atomic mass is 9.85. The number of aromatic nitrogens is 4. The molecule has 5 heterocycles. The summed E-state index contributed by atoms with van der Waals surface area (Å²) in [7, 11) is 1.43. The fourth-order valence-electron chi connectivity index (χ4n) is 5.62. The number of hydrogen-bond donors (Lipinski definition) is 0. The minimum absolute atomic E-state index is 0.0991. The van der Waals surface area contributed by atoms with Crippen molar-refractivity contribution in [2.24, 2.45) is 5.92 Å². The van der Waals surface area contributed by atoms with E-state index in [0.29, 0.717) is 30.9 Å². The van der Waals surface area contributed by atoms with E-state index in [2.05, 4.69) is 33.8 Å². The van der Waals surface area contributed by atoms with E-state index in [-0.39, 0.29) is 11.9 Å². The first-order chi connectivity index (χ1) is 17.0. The zero-order chi connectivity index (χ0) is 24.1. The van der Waals surface area contributed by atoms with Crippen LogP contribution in [0.2, 0.25) is 0 Å². The maximum atomic E-state index is 11.8. The summed E-state index contributed by atoms with van der Waals surface area (Å²) in [5, 5.41) is 5.81.